The minimum atomic E-state index is -0.275. The number of amides is 2. The Balaban J connectivity index is 1.20. The lowest BCUT2D eigenvalue weighted by Gasteiger charge is -2.34. The number of nitrogens with zero attached hydrogens (tertiary/aromatic N) is 3. The zero-order valence-electron chi connectivity index (χ0n) is 16.2. The largest absolute Gasteiger partial charge is 0.454 e. The van der Waals surface area contributed by atoms with E-state index >= 15 is 0 Å². The van der Waals surface area contributed by atoms with E-state index in [0.717, 1.165) is 42.4 Å². The van der Waals surface area contributed by atoms with Crippen LogP contribution in [0.2, 0.25) is 0 Å². The maximum atomic E-state index is 12.4. The number of aromatic nitrogens is 1. The second-order valence-electron chi connectivity index (χ2n) is 7.12. The fraction of sp³-hybridized carbons (Fsp3) is 0.381. The van der Waals surface area contributed by atoms with E-state index in [-0.39, 0.29) is 25.0 Å². The van der Waals surface area contributed by atoms with Crippen LogP contribution in [0.3, 0.4) is 0 Å². The number of benzene rings is 1. The van der Waals surface area contributed by atoms with Crippen LogP contribution < -0.4 is 14.8 Å². The molecule has 1 aromatic heterocycles. The molecule has 0 unspecified atom stereocenters. The van der Waals surface area contributed by atoms with Crippen LogP contribution in [0.1, 0.15) is 17.7 Å². The number of ether oxygens (including phenoxy) is 2. The Hall–Kier alpha value is -3.13. The fourth-order valence-corrected chi connectivity index (χ4v) is 3.46. The van der Waals surface area contributed by atoms with Gasteiger partial charge in [0.25, 0.3) is 0 Å². The van der Waals surface area contributed by atoms with E-state index in [1.54, 1.807) is 11.1 Å². The number of carbonyl (C=O) groups excluding carboxylic acids is 2. The Bertz CT molecular complexity index is 866. The van der Waals surface area contributed by atoms with Gasteiger partial charge in [0.2, 0.25) is 18.6 Å². The molecule has 0 saturated carbocycles. The molecule has 2 aliphatic rings. The molecule has 8 nitrogen and oxygen atoms in total. The smallest absolute Gasteiger partial charge is 0.232 e. The van der Waals surface area contributed by atoms with Crippen LogP contribution in [0.25, 0.3) is 0 Å². The summed E-state index contributed by atoms with van der Waals surface area (Å²) in [5.41, 5.74) is 1.92. The molecule has 8 heteroatoms. The summed E-state index contributed by atoms with van der Waals surface area (Å²) < 4.78 is 10.8. The molecule has 1 N–H and O–H groups in total. The maximum absolute atomic E-state index is 12.4. The van der Waals surface area contributed by atoms with Crippen molar-refractivity contribution < 1.29 is 19.1 Å². The first-order valence-electron chi connectivity index (χ1n) is 9.72. The molecule has 0 radical (unpaired) electrons. The number of carbonyl (C=O) groups is 2. The van der Waals surface area contributed by atoms with Crippen molar-refractivity contribution >= 4 is 11.8 Å². The Kier molecular flexibility index (Phi) is 5.90. The Labute approximate surface area is 169 Å². The summed E-state index contributed by atoms with van der Waals surface area (Å²) in [4.78, 5) is 32.7. The highest BCUT2D eigenvalue weighted by atomic mass is 16.7. The zero-order chi connectivity index (χ0) is 20.1. The second kappa shape index (κ2) is 8.91. The molecule has 2 aromatic rings. The summed E-state index contributed by atoms with van der Waals surface area (Å²) in [6.07, 6.45) is 1.55. The van der Waals surface area contributed by atoms with Crippen molar-refractivity contribution in [3.05, 3.63) is 53.9 Å². The van der Waals surface area contributed by atoms with Crippen molar-refractivity contribution in [2.75, 3.05) is 33.0 Å². The summed E-state index contributed by atoms with van der Waals surface area (Å²) >= 11 is 0. The van der Waals surface area contributed by atoms with E-state index in [1.807, 2.05) is 36.4 Å². The molecule has 0 bridgehead atoms. The fourth-order valence-electron chi connectivity index (χ4n) is 3.46. The summed E-state index contributed by atoms with van der Waals surface area (Å²) in [7, 11) is 0. The third-order valence-electron chi connectivity index (χ3n) is 5.07. The van der Waals surface area contributed by atoms with Crippen LogP contribution >= 0.6 is 0 Å². The molecule has 0 aliphatic carbocycles. The normalized spacial score (nSPS) is 15.9. The molecule has 1 saturated heterocycles. The molecule has 0 atom stereocenters. The van der Waals surface area contributed by atoms with Gasteiger partial charge in [0.05, 0.1) is 12.2 Å². The number of piperazine rings is 1. The number of pyridine rings is 1. The van der Waals surface area contributed by atoms with Gasteiger partial charge in [-0.3, -0.25) is 19.5 Å². The van der Waals surface area contributed by atoms with E-state index in [0.29, 0.717) is 19.6 Å². The maximum Gasteiger partial charge on any atom is 0.232 e. The van der Waals surface area contributed by atoms with Gasteiger partial charge in [0.15, 0.2) is 11.5 Å². The number of hydrogen-bond acceptors (Lipinski definition) is 6. The summed E-state index contributed by atoms with van der Waals surface area (Å²) in [5, 5.41) is 2.75. The Morgan fingerprint density at radius 3 is 2.66 bits per heavy atom. The predicted molar refractivity (Wildman–Crippen MR) is 105 cm³/mol. The summed E-state index contributed by atoms with van der Waals surface area (Å²) in [5.74, 6) is 1.16. The van der Waals surface area contributed by atoms with Crippen LogP contribution in [-0.2, 0) is 22.7 Å². The average Bonchev–Trinajstić information content (AvgIpc) is 3.21. The van der Waals surface area contributed by atoms with Gasteiger partial charge in [0, 0.05) is 38.9 Å². The minimum Gasteiger partial charge on any atom is -0.454 e. The van der Waals surface area contributed by atoms with Crippen LogP contribution in [-0.4, -0.2) is 59.6 Å². The van der Waals surface area contributed by atoms with Crippen LogP contribution in [0, 0.1) is 0 Å². The molecule has 4 rings (SSSR count). The van der Waals surface area contributed by atoms with Crippen molar-refractivity contribution in [3.63, 3.8) is 0 Å². The van der Waals surface area contributed by atoms with Crippen molar-refractivity contribution in [3.8, 4) is 11.5 Å². The van der Waals surface area contributed by atoms with Crippen molar-refractivity contribution in [1.82, 2.24) is 20.1 Å². The van der Waals surface area contributed by atoms with Gasteiger partial charge in [-0.05, 0) is 29.8 Å². The lowest BCUT2D eigenvalue weighted by atomic mass is 10.1. The van der Waals surface area contributed by atoms with Gasteiger partial charge in [0.1, 0.15) is 6.42 Å². The van der Waals surface area contributed by atoms with E-state index < -0.39 is 0 Å². The quantitative estimate of drug-likeness (QED) is 0.738. The molecular formula is C21H24N4O4. The highest BCUT2D eigenvalue weighted by molar-refractivity contribution is 5.96. The van der Waals surface area contributed by atoms with Crippen molar-refractivity contribution in [2.24, 2.45) is 0 Å². The molecule has 152 valence electrons. The highest BCUT2D eigenvalue weighted by Crippen LogP contribution is 2.32. The average molecular weight is 396 g/mol. The van der Waals surface area contributed by atoms with Gasteiger partial charge in [-0.25, -0.2) is 0 Å². The first-order valence-corrected chi connectivity index (χ1v) is 9.72. The van der Waals surface area contributed by atoms with Gasteiger partial charge < -0.3 is 19.7 Å². The van der Waals surface area contributed by atoms with E-state index in [4.69, 9.17) is 9.47 Å². The van der Waals surface area contributed by atoms with Crippen LogP contribution in [0.4, 0.5) is 0 Å². The van der Waals surface area contributed by atoms with Gasteiger partial charge in [-0.15, -0.1) is 0 Å². The van der Waals surface area contributed by atoms with E-state index in [1.165, 1.54) is 0 Å². The molecule has 3 heterocycles. The molecule has 1 fully saturated rings. The molecule has 0 spiro atoms. The second-order valence-corrected chi connectivity index (χ2v) is 7.12. The summed E-state index contributed by atoms with van der Waals surface area (Å²) in [6.45, 7) is 4.19. The molecule has 29 heavy (non-hydrogen) atoms. The minimum absolute atomic E-state index is 0.130. The number of hydrogen-bond donors (Lipinski definition) is 1. The molecule has 2 aliphatic heterocycles. The Morgan fingerprint density at radius 1 is 1.03 bits per heavy atom. The van der Waals surface area contributed by atoms with Crippen LogP contribution in [0.15, 0.2) is 42.6 Å². The van der Waals surface area contributed by atoms with E-state index in [2.05, 4.69) is 15.2 Å². The third-order valence-corrected chi connectivity index (χ3v) is 5.07. The van der Waals surface area contributed by atoms with Crippen molar-refractivity contribution in [2.45, 2.75) is 19.5 Å². The molecule has 1 aromatic carbocycles. The molecular weight excluding hydrogens is 372 g/mol. The van der Waals surface area contributed by atoms with Crippen LogP contribution in [0.5, 0.6) is 11.5 Å². The van der Waals surface area contributed by atoms with Gasteiger partial charge in [-0.1, -0.05) is 12.1 Å². The highest BCUT2D eigenvalue weighted by Gasteiger charge is 2.23. The van der Waals surface area contributed by atoms with E-state index in [9.17, 15) is 9.59 Å². The standard InChI is InChI=1S/C21H24N4O4/c26-20(23-13-17-3-1-2-6-22-17)12-21(27)25-9-7-24(8-10-25)14-16-4-5-18-19(11-16)29-15-28-18/h1-6,11H,7-10,12-15H2,(H,23,26). The number of fused-ring (bicyclic) bond motifs is 1. The SMILES string of the molecule is O=C(CC(=O)N1CCN(Cc2ccc3c(c2)OCO3)CC1)NCc1ccccn1. The predicted octanol–water partition coefficient (Wildman–Crippen LogP) is 1.16. The Morgan fingerprint density at radius 2 is 1.86 bits per heavy atom. The van der Waals surface area contributed by atoms with Gasteiger partial charge in [-0.2, -0.15) is 0 Å². The topological polar surface area (TPSA) is 84.0 Å². The first-order chi connectivity index (χ1) is 14.2. The summed E-state index contributed by atoms with van der Waals surface area (Å²) in [6, 6.07) is 11.5. The number of nitrogens with one attached hydrogen (secondary N) is 1. The lowest BCUT2D eigenvalue weighted by molar-refractivity contribution is -0.137. The first kappa shape index (κ1) is 19.2. The third kappa shape index (κ3) is 5.03. The monoisotopic (exact) mass is 396 g/mol. The van der Waals surface area contributed by atoms with Crippen molar-refractivity contribution in [1.29, 1.82) is 0 Å². The van der Waals surface area contributed by atoms with Gasteiger partial charge >= 0.3 is 0 Å². The number of rotatable bonds is 6. The molecule has 2 amide bonds. The lowest BCUT2D eigenvalue weighted by Crippen LogP contribution is -2.49. The zero-order valence-corrected chi connectivity index (χ0v) is 16.2.